The molecule has 0 N–H and O–H groups in total. The number of hydrogen-bond acceptors (Lipinski definition) is 4. The molecule has 0 bridgehead atoms. The highest BCUT2D eigenvalue weighted by Gasteiger charge is 2.54. The molecule has 0 aromatic heterocycles. The van der Waals surface area contributed by atoms with Crippen molar-refractivity contribution in [2.45, 2.75) is 18.3 Å². The van der Waals surface area contributed by atoms with E-state index in [1.54, 1.807) is 43.2 Å². The number of methoxy groups -OCH3 is 2. The first kappa shape index (κ1) is 19.6. The number of benzene rings is 2. The quantitative estimate of drug-likeness (QED) is 0.771. The van der Waals surface area contributed by atoms with Gasteiger partial charge < -0.3 is 19.3 Å². The van der Waals surface area contributed by atoms with Gasteiger partial charge in [-0.3, -0.25) is 9.59 Å². The van der Waals surface area contributed by atoms with Gasteiger partial charge in [-0.05, 0) is 47.9 Å². The second-order valence-corrected chi connectivity index (χ2v) is 7.95. The van der Waals surface area contributed by atoms with Gasteiger partial charge in [0.25, 0.3) is 0 Å². The number of amides is 2. The van der Waals surface area contributed by atoms with Crippen LogP contribution in [0.2, 0.25) is 5.02 Å². The van der Waals surface area contributed by atoms with Crippen LogP contribution in [0, 0.1) is 0 Å². The minimum atomic E-state index is -0.703. The molecule has 7 heteroatoms. The number of hydrogen-bond donors (Lipinski definition) is 0. The molecule has 1 atom stereocenters. The summed E-state index contributed by atoms with van der Waals surface area (Å²) in [5.41, 5.74) is 1.93. The summed E-state index contributed by atoms with van der Waals surface area (Å²) in [6.45, 7) is 0.915. The first-order valence-corrected chi connectivity index (χ1v) is 9.84. The Morgan fingerprint density at radius 3 is 2.66 bits per heavy atom. The summed E-state index contributed by atoms with van der Waals surface area (Å²) in [6.07, 6.45) is 0.834. The third kappa shape index (κ3) is 3.12. The Hall–Kier alpha value is -2.73. The van der Waals surface area contributed by atoms with E-state index in [1.165, 1.54) is 0 Å². The fourth-order valence-electron chi connectivity index (χ4n) is 4.39. The van der Waals surface area contributed by atoms with Crippen molar-refractivity contribution in [3.63, 3.8) is 0 Å². The van der Waals surface area contributed by atoms with Crippen molar-refractivity contribution in [2.75, 3.05) is 39.3 Å². The molecular formula is C22H23ClN2O4. The van der Waals surface area contributed by atoms with Crippen LogP contribution < -0.4 is 14.4 Å². The van der Waals surface area contributed by atoms with E-state index < -0.39 is 5.41 Å². The number of likely N-dealkylation sites (N-methyl/N-ethyl adjacent to an activating group) is 1. The Balaban J connectivity index is 1.56. The number of halogens is 1. The maximum absolute atomic E-state index is 13.1. The molecule has 1 fully saturated rings. The van der Waals surface area contributed by atoms with Crippen LogP contribution in [0.25, 0.3) is 0 Å². The van der Waals surface area contributed by atoms with Crippen LogP contribution in [0.4, 0.5) is 5.69 Å². The average molecular weight is 415 g/mol. The molecule has 2 aromatic rings. The van der Waals surface area contributed by atoms with E-state index in [2.05, 4.69) is 0 Å². The third-order valence-corrected chi connectivity index (χ3v) is 6.28. The lowest BCUT2D eigenvalue weighted by atomic mass is 9.81. The standard InChI is InChI=1S/C22H23ClN2O4/c1-24-18-6-5-15(28-2)12-16(18)22(21(24)27)8-9-25(13-22)20(26)11-14-4-7-19(29-3)17(23)10-14/h4-7,10,12H,8-9,11,13H2,1-3H3. The van der Waals surface area contributed by atoms with Gasteiger partial charge in [-0.1, -0.05) is 17.7 Å². The molecule has 1 unspecified atom stereocenters. The lowest BCUT2D eigenvalue weighted by Gasteiger charge is -2.23. The molecule has 2 aliphatic heterocycles. The van der Waals surface area contributed by atoms with Gasteiger partial charge in [0.15, 0.2) is 0 Å². The minimum Gasteiger partial charge on any atom is -0.497 e. The Kier molecular flexibility index (Phi) is 4.90. The Morgan fingerprint density at radius 2 is 1.97 bits per heavy atom. The fourth-order valence-corrected chi connectivity index (χ4v) is 4.67. The van der Waals surface area contributed by atoms with Crippen LogP contribution in [0.1, 0.15) is 17.5 Å². The number of nitrogens with zero attached hydrogens (tertiary/aromatic N) is 2. The fraction of sp³-hybridized carbons (Fsp3) is 0.364. The summed E-state index contributed by atoms with van der Waals surface area (Å²) in [6, 6.07) is 11.0. The lowest BCUT2D eigenvalue weighted by molar-refractivity contribution is -0.130. The van der Waals surface area contributed by atoms with Crippen molar-refractivity contribution < 1.29 is 19.1 Å². The molecule has 2 amide bonds. The number of anilines is 1. The smallest absolute Gasteiger partial charge is 0.239 e. The van der Waals surface area contributed by atoms with Crippen molar-refractivity contribution in [2.24, 2.45) is 0 Å². The average Bonchev–Trinajstić information content (AvgIpc) is 3.26. The van der Waals surface area contributed by atoms with E-state index in [-0.39, 0.29) is 18.2 Å². The van der Waals surface area contributed by atoms with Gasteiger partial charge in [0.1, 0.15) is 11.5 Å². The summed E-state index contributed by atoms with van der Waals surface area (Å²) in [4.78, 5) is 29.6. The monoisotopic (exact) mass is 414 g/mol. The SMILES string of the molecule is COc1ccc2c(c1)C1(CCN(C(=O)Cc3ccc(OC)c(Cl)c3)C1)C(=O)N2C. The lowest BCUT2D eigenvalue weighted by Crippen LogP contribution is -2.42. The van der Waals surface area contributed by atoms with Crippen LogP contribution in [0.5, 0.6) is 11.5 Å². The van der Waals surface area contributed by atoms with E-state index in [0.717, 1.165) is 16.8 Å². The molecule has 2 aliphatic rings. The molecule has 0 saturated carbocycles. The van der Waals surface area contributed by atoms with Crippen LogP contribution >= 0.6 is 11.6 Å². The molecule has 1 saturated heterocycles. The second-order valence-electron chi connectivity index (χ2n) is 7.54. The molecule has 0 aliphatic carbocycles. The number of ether oxygens (including phenoxy) is 2. The van der Waals surface area contributed by atoms with Gasteiger partial charge >= 0.3 is 0 Å². The van der Waals surface area contributed by atoms with Gasteiger partial charge in [-0.25, -0.2) is 0 Å². The summed E-state index contributed by atoms with van der Waals surface area (Å²) in [5.74, 6) is 1.30. The topological polar surface area (TPSA) is 59.1 Å². The zero-order valence-corrected chi connectivity index (χ0v) is 17.5. The molecule has 1 spiro atoms. The van der Waals surface area contributed by atoms with Crippen molar-refractivity contribution in [3.8, 4) is 11.5 Å². The van der Waals surface area contributed by atoms with Crippen molar-refractivity contribution >= 4 is 29.1 Å². The molecule has 6 nitrogen and oxygen atoms in total. The first-order valence-electron chi connectivity index (χ1n) is 9.46. The minimum absolute atomic E-state index is 0.0186. The zero-order valence-electron chi connectivity index (χ0n) is 16.7. The van der Waals surface area contributed by atoms with Crippen molar-refractivity contribution in [1.82, 2.24) is 4.90 Å². The molecule has 0 radical (unpaired) electrons. The van der Waals surface area contributed by atoms with Crippen LogP contribution in [0.15, 0.2) is 36.4 Å². The largest absolute Gasteiger partial charge is 0.497 e. The first-order chi connectivity index (χ1) is 13.9. The third-order valence-electron chi connectivity index (χ3n) is 5.99. The van der Waals surface area contributed by atoms with E-state index >= 15 is 0 Å². The molecule has 29 heavy (non-hydrogen) atoms. The van der Waals surface area contributed by atoms with Crippen molar-refractivity contribution in [1.29, 1.82) is 0 Å². The van der Waals surface area contributed by atoms with Gasteiger partial charge in [-0.15, -0.1) is 0 Å². The maximum Gasteiger partial charge on any atom is 0.239 e. The predicted octanol–water partition coefficient (Wildman–Crippen LogP) is 3.05. The highest BCUT2D eigenvalue weighted by Crippen LogP contribution is 2.48. The molecule has 2 aromatic carbocycles. The van der Waals surface area contributed by atoms with Crippen LogP contribution in [-0.2, 0) is 21.4 Å². The van der Waals surface area contributed by atoms with Gasteiger partial charge in [-0.2, -0.15) is 0 Å². The second kappa shape index (κ2) is 7.26. The van der Waals surface area contributed by atoms with Gasteiger partial charge in [0.2, 0.25) is 11.8 Å². The zero-order chi connectivity index (χ0) is 20.8. The van der Waals surface area contributed by atoms with Crippen LogP contribution in [-0.4, -0.2) is 51.1 Å². The molecule has 4 rings (SSSR count). The van der Waals surface area contributed by atoms with E-state index in [9.17, 15) is 9.59 Å². The maximum atomic E-state index is 13.1. The van der Waals surface area contributed by atoms with Gasteiger partial charge in [0.05, 0.1) is 31.1 Å². The Morgan fingerprint density at radius 1 is 1.17 bits per heavy atom. The highest BCUT2D eigenvalue weighted by atomic mass is 35.5. The summed E-state index contributed by atoms with van der Waals surface area (Å²) < 4.78 is 10.5. The number of rotatable bonds is 4. The van der Waals surface area contributed by atoms with E-state index in [0.29, 0.717) is 36.0 Å². The molecule has 2 heterocycles. The Bertz CT molecular complexity index is 993. The van der Waals surface area contributed by atoms with E-state index in [4.69, 9.17) is 21.1 Å². The summed E-state index contributed by atoms with van der Waals surface area (Å²) >= 11 is 6.18. The summed E-state index contributed by atoms with van der Waals surface area (Å²) in [7, 11) is 4.95. The molecule has 152 valence electrons. The Labute approximate surface area is 174 Å². The number of likely N-dealkylation sites (tertiary alicyclic amines) is 1. The normalized spacial score (nSPS) is 20.3. The number of carbonyl (C=O) groups excluding carboxylic acids is 2. The van der Waals surface area contributed by atoms with Gasteiger partial charge in [0, 0.05) is 25.8 Å². The van der Waals surface area contributed by atoms with E-state index in [1.807, 2.05) is 24.3 Å². The van der Waals surface area contributed by atoms with Crippen molar-refractivity contribution in [3.05, 3.63) is 52.5 Å². The van der Waals surface area contributed by atoms with Crippen LogP contribution in [0.3, 0.4) is 0 Å². The highest BCUT2D eigenvalue weighted by molar-refractivity contribution is 6.32. The molecular weight excluding hydrogens is 392 g/mol. The summed E-state index contributed by atoms with van der Waals surface area (Å²) in [5, 5.41) is 0.476. The number of carbonyl (C=O) groups is 2. The predicted molar refractivity (Wildman–Crippen MR) is 111 cm³/mol. The number of fused-ring (bicyclic) bond motifs is 2.